The number of halogens is 2. The van der Waals surface area contributed by atoms with E-state index in [4.69, 9.17) is 37.3 Å². The normalized spacial score (nSPS) is 16.2. The molecule has 5 aromatic carbocycles. The lowest BCUT2D eigenvalue weighted by Crippen LogP contribution is -2.29. The third-order valence-corrected chi connectivity index (χ3v) is 16.4. The molecular weight excluding hydrogens is 1510 g/mol. The van der Waals surface area contributed by atoms with Crippen molar-refractivity contribution in [3.63, 3.8) is 0 Å². The SMILES string of the molecule is C1CCOC1.C=CC(=O)Nc1cccc(Oc2nc(Cl)nc3c2ccn3COC(=O)C(C)(C)C)c1.CC(=O)Cl.CC(=O)N1CC[C@H](Nc2ccc(N)cc2)C1.CC(=O)N1CC[C@H](Nc2ccc(N)cc2)C1.CC(=O)N1CC[C@H](Nc2ccc([N+](=O)[O-])cc2)C1.O=[N+]([O-])c1ccc(N[C@H]2CCNC2)cc1.S.S.S.S. The Balaban J connectivity index is 0.000000451. The summed E-state index contributed by atoms with van der Waals surface area (Å²) in [4.78, 5) is 100. The summed E-state index contributed by atoms with van der Waals surface area (Å²) < 4.78 is 17.8. The number of likely N-dealkylation sites (tertiary alicyclic amines) is 3. The van der Waals surface area contributed by atoms with Crippen LogP contribution in [-0.4, -0.2) is 164 Å². The molecule has 7 aromatic rings. The number of rotatable bonds is 16. The molecule has 0 spiro atoms. The standard InChI is InChI=1S/C21H21ClN4O4.C12H15N3O3.2C12H17N3O.C10H13N3O2.C4H8O.C2H3ClO.4H2S/c1-5-16(27)23-13-7-6-8-14(11-13)30-18-15-9-10-26(17(15)24-20(22)25-18)12-29-19(28)21(2,3)4;1-9(16)14-7-6-11(8-14)13-10-2-4-12(5-3-10)15(17)18;2*1-9(16)15-7-6-12(8-15)14-11-4-2-10(13)3-5-11;14-13(15)10-3-1-8(2-4-10)12-9-5-6-11-7-9;1-2-4-5-3-1;1-2(3)4;;;;/h5-11H,1,12H2,2-4H3,(H,23,27);2-5,11,13H,6-8H2,1H3;2*2-5,12,14H,6-8,13H2,1H3;1-4,9,11-12H,5-7H2;1-4H2;1H3;4*1H2/t;11-;2*12-;9-;;;;;;/m.0000....../s1. The fourth-order valence-electron chi connectivity index (χ4n) is 10.7. The molecule has 2 aromatic heterocycles. The van der Waals surface area contributed by atoms with Crippen LogP contribution in [0.5, 0.6) is 11.6 Å². The van der Waals surface area contributed by atoms with E-state index in [9.17, 15) is 49.0 Å². The number of amides is 4. The quantitative estimate of drug-likeness (QED) is 0.00847. The molecule has 0 bridgehead atoms. The highest BCUT2D eigenvalue weighted by Crippen LogP contribution is 2.32. The number of benzene rings is 5. The highest BCUT2D eigenvalue weighted by atomic mass is 35.5. The summed E-state index contributed by atoms with van der Waals surface area (Å²) >= 11 is 10.7. The second-order valence-corrected chi connectivity index (χ2v) is 26.6. The summed E-state index contributed by atoms with van der Waals surface area (Å²) in [5.41, 5.74) is 17.3. The van der Waals surface area contributed by atoms with Crippen LogP contribution < -0.4 is 48.1 Å². The van der Waals surface area contributed by atoms with E-state index in [2.05, 4.69) is 60.0 Å². The van der Waals surface area contributed by atoms with Gasteiger partial charge in [-0.25, -0.2) is 0 Å². The van der Waals surface area contributed by atoms with Gasteiger partial charge in [0.15, 0.2) is 12.4 Å². The van der Waals surface area contributed by atoms with Crippen molar-refractivity contribution < 1.29 is 52.8 Å². The highest BCUT2D eigenvalue weighted by molar-refractivity contribution is 7.59. The van der Waals surface area contributed by atoms with E-state index >= 15 is 0 Å². The van der Waals surface area contributed by atoms with Crippen molar-refractivity contribution in [2.45, 2.75) is 118 Å². The van der Waals surface area contributed by atoms with Crippen LogP contribution in [0.4, 0.5) is 51.2 Å². The van der Waals surface area contributed by atoms with Gasteiger partial charge >= 0.3 is 5.97 Å². The van der Waals surface area contributed by atoms with Gasteiger partial charge in [-0.2, -0.15) is 64.0 Å². The molecule has 108 heavy (non-hydrogen) atoms. The molecule has 4 atom stereocenters. The number of nitrogens with zero attached hydrogens (tertiary/aromatic N) is 8. The van der Waals surface area contributed by atoms with Gasteiger partial charge in [0.2, 0.25) is 40.0 Å². The van der Waals surface area contributed by atoms with E-state index in [1.807, 2.05) is 58.3 Å². The lowest BCUT2D eigenvalue weighted by atomic mass is 9.98. The largest absolute Gasteiger partial charge is 0.443 e. The molecule has 0 aliphatic carbocycles. The van der Waals surface area contributed by atoms with Gasteiger partial charge in [-0.1, -0.05) is 12.6 Å². The molecule has 0 radical (unpaired) electrons. The zero-order valence-electron chi connectivity index (χ0n) is 61.6. The van der Waals surface area contributed by atoms with E-state index in [0.717, 1.165) is 119 Å². The maximum absolute atomic E-state index is 12.0. The van der Waals surface area contributed by atoms with Gasteiger partial charge in [-0.05, 0) is 186 Å². The Bertz CT molecular complexity index is 3900. The third-order valence-electron chi connectivity index (χ3n) is 16.3. The van der Waals surface area contributed by atoms with Gasteiger partial charge in [0, 0.05) is 187 Å². The number of nitro groups is 2. The lowest BCUT2D eigenvalue weighted by Gasteiger charge is -2.17. The van der Waals surface area contributed by atoms with Crippen LogP contribution in [0, 0.1) is 25.6 Å². The number of esters is 1. The Hall–Kier alpha value is -9.22. The van der Waals surface area contributed by atoms with Crippen molar-refractivity contribution in [1.82, 2.24) is 34.6 Å². The minimum absolute atomic E-state index is 0. The van der Waals surface area contributed by atoms with E-state index in [1.54, 1.807) is 112 Å². The van der Waals surface area contributed by atoms with Gasteiger partial charge in [0.25, 0.3) is 11.4 Å². The Morgan fingerprint density at radius 2 is 1.05 bits per heavy atom. The Morgan fingerprint density at radius 3 is 1.40 bits per heavy atom. The average molecular weight is 1610 g/mol. The number of non-ortho nitro benzene ring substituents is 2. The fraction of sp³-hybridized carbons (Fsp3) is 0.397. The molecule has 4 amide bonds. The predicted molar refractivity (Wildman–Crippen MR) is 447 cm³/mol. The smallest absolute Gasteiger partial charge is 0.312 e. The maximum Gasteiger partial charge on any atom is 0.312 e. The Kier molecular flexibility index (Phi) is 42.4. The molecule has 0 unspecified atom stereocenters. The summed E-state index contributed by atoms with van der Waals surface area (Å²) in [6.07, 6.45) is 9.44. The van der Waals surface area contributed by atoms with E-state index in [1.165, 1.54) is 50.1 Å². The van der Waals surface area contributed by atoms with E-state index in [-0.39, 0.29) is 129 Å². The minimum atomic E-state index is -0.615. The molecule has 35 heteroatoms. The molecule has 5 aliphatic rings. The van der Waals surface area contributed by atoms with Gasteiger partial charge < -0.3 is 72.3 Å². The number of nitro benzene ring substituents is 2. The number of hydrogen-bond acceptors (Lipinski definition) is 22. The summed E-state index contributed by atoms with van der Waals surface area (Å²) in [5, 5.41) is 40.5. The van der Waals surface area contributed by atoms with Crippen LogP contribution in [-0.2, 0) is 45.0 Å². The van der Waals surface area contributed by atoms with Crippen LogP contribution in [0.25, 0.3) is 11.0 Å². The minimum Gasteiger partial charge on any atom is -0.443 e. The molecule has 12 rings (SSSR count). The van der Waals surface area contributed by atoms with Crippen molar-refractivity contribution in [1.29, 1.82) is 0 Å². The number of carbonyl (C=O) groups is 6. The topological polar surface area (TPSA) is 381 Å². The fourth-order valence-corrected chi connectivity index (χ4v) is 10.9. The number of anilines is 7. The van der Waals surface area contributed by atoms with Crippen LogP contribution >= 0.6 is 77.2 Å². The Labute approximate surface area is 667 Å². The maximum atomic E-state index is 12.0. The highest BCUT2D eigenvalue weighted by Gasteiger charge is 2.27. The molecule has 5 fully saturated rings. The van der Waals surface area contributed by atoms with Gasteiger partial charge in [0.05, 0.1) is 20.6 Å². The van der Waals surface area contributed by atoms with Crippen molar-refractivity contribution in [3.05, 3.63) is 172 Å². The molecule has 7 heterocycles. The first-order valence-electron chi connectivity index (χ1n) is 33.9. The zero-order chi connectivity index (χ0) is 75.9. The second kappa shape index (κ2) is 48.2. The first-order valence-corrected chi connectivity index (χ1v) is 34.7. The summed E-state index contributed by atoms with van der Waals surface area (Å²) in [6.45, 7) is 23.5. The van der Waals surface area contributed by atoms with Crippen LogP contribution in [0.2, 0.25) is 5.28 Å². The number of nitrogens with two attached hydrogens (primary N) is 2. The molecule has 0 saturated carbocycles. The van der Waals surface area contributed by atoms with Crippen molar-refractivity contribution in [3.8, 4) is 11.6 Å². The van der Waals surface area contributed by atoms with Gasteiger partial charge in [0.1, 0.15) is 5.75 Å². The summed E-state index contributed by atoms with van der Waals surface area (Å²) in [6, 6.07) is 38.1. The molecule has 590 valence electrons. The molecule has 10 N–H and O–H groups in total. The van der Waals surface area contributed by atoms with E-state index < -0.39 is 10.3 Å². The van der Waals surface area contributed by atoms with Gasteiger partial charge in [-0.3, -0.25) is 53.6 Å². The van der Waals surface area contributed by atoms with Crippen molar-refractivity contribution in [2.75, 3.05) is 104 Å². The van der Waals surface area contributed by atoms with Gasteiger partial charge in [-0.15, -0.1) is 0 Å². The van der Waals surface area contributed by atoms with E-state index in [0.29, 0.717) is 47.1 Å². The average Bonchev–Trinajstić information content (AvgIpc) is 1.63. The number of hydrogen-bond donors (Lipinski definition) is 8. The number of nitrogen functional groups attached to an aromatic ring is 2. The third kappa shape index (κ3) is 33.9. The van der Waals surface area contributed by atoms with Crippen LogP contribution in [0.3, 0.4) is 0 Å². The monoisotopic (exact) mass is 1610 g/mol. The summed E-state index contributed by atoms with van der Waals surface area (Å²) in [5.74, 6) is 0.407. The molecular formula is C73H102Cl2N16O13S4. The number of aromatic nitrogens is 3. The molecule has 5 aliphatic heterocycles. The number of ether oxygens (including phenoxy) is 3. The molecule has 5 saturated heterocycles. The van der Waals surface area contributed by atoms with Crippen molar-refractivity contribution in [2.24, 2.45) is 5.41 Å². The summed E-state index contributed by atoms with van der Waals surface area (Å²) in [7, 11) is 0. The van der Waals surface area contributed by atoms with Crippen LogP contribution in [0.1, 0.15) is 87.0 Å². The zero-order valence-corrected chi connectivity index (χ0v) is 67.1. The number of carbonyl (C=O) groups excluding carboxylic acids is 6. The first-order chi connectivity index (χ1) is 49.5. The predicted octanol–water partition coefficient (Wildman–Crippen LogP) is 12.2. The number of nitrogens with one attached hydrogen (secondary N) is 6. The van der Waals surface area contributed by atoms with Crippen LogP contribution in [0.15, 0.2) is 146 Å². The number of fused-ring (bicyclic) bond motifs is 1. The van der Waals surface area contributed by atoms with Crippen molar-refractivity contribution >= 4 is 174 Å². The Morgan fingerprint density at radius 1 is 0.630 bits per heavy atom. The second-order valence-electron chi connectivity index (χ2n) is 25.7. The molecule has 29 nitrogen and oxygen atoms in total. The lowest BCUT2D eigenvalue weighted by molar-refractivity contribution is -0.385. The first kappa shape index (κ1) is 94.9.